The number of rotatable bonds is 6. The Hall–Kier alpha value is -3.02. The Kier molecular flexibility index (Phi) is 5.87. The largest absolute Gasteiger partial charge is 0.507 e. The molecule has 0 fully saturated rings. The zero-order chi connectivity index (χ0) is 19.4. The summed E-state index contributed by atoms with van der Waals surface area (Å²) in [6.45, 7) is 5.19. The number of aromatic hydroxyl groups is 2. The van der Waals surface area contributed by atoms with Crippen molar-refractivity contribution in [2.75, 3.05) is 13.7 Å². The van der Waals surface area contributed by atoms with Gasteiger partial charge in [-0.3, -0.25) is 4.79 Å². The van der Waals surface area contributed by atoms with Gasteiger partial charge in [0.2, 0.25) is 0 Å². The quantitative estimate of drug-likeness (QED) is 0.598. The van der Waals surface area contributed by atoms with Crippen LogP contribution < -0.4 is 9.47 Å². The predicted molar refractivity (Wildman–Crippen MR) is 96.7 cm³/mol. The third-order valence-electron chi connectivity index (χ3n) is 4.00. The normalized spacial score (nSPS) is 11.0. The minimum absolute atomic E-state index is 0.0528. The minimum atomic E-state index is -0.529. The summed E-state index contributed by atoms with van der Waals surface area (Å²) in [5.74, 6) is -1.30. The summed E-state index contributed by atoms with van der Waals surface area (Å²) in [7, 11) is 1.35. The van der Waals surface area contributed by atoms with Crippen LogP contribution in [0.2, 0.25) is 0 Å². The van der Waals surface area contributed by atoms with Gasteiger partial charge in [0.15, 0.2) is 17.3 Å². The fourth-order valence-corrected chi connectivity index (χ4v) is 2.62. The Morgan fingerprint density at radius 1 is 1.19 bits per heavy atom. The van der Waals surface area contributed by atoms with Crippen LogP contribution in [0.15, 0.2) is 24.3 Å². The number of phenolic OH excluding ortho intramolecular Hbond substituents is 2. The first-order valence-corrected chi connectivity index (χ1v) is 8.05. The van der Waals surface area contributed by atoms with E-state index in [1.807, 2.05) is 0 Å². The first-order chi connectivity index (χ1) is 12.3. The summed E-state index contributed by atoms with van der Waals surface area (Å²) < 4.78 is 24.2. The Bertz CT molecular complexity index is 871. The number of allylic oxidation sites excluding steroid dienone is 1. The molecule has 0 heterocycles. The zero-order valence-corrected chi connectivity index (χ0v) is 15.1. The number of hydrogen-bond acceptors (Lipinski definition) is 5. The molecule has 0 aliphatic rings. The van der Waals surface area contributed by atoms with Crippen LogP contribution in [-0.2, 0) is 0 Å². The van der Waals surface area contributed by atoms with E-state index in [0.29, 0.717) is 17.7 Å². The number of benzene rings is 2. The Balaban J connectivity index is 2.39. The van der Waals surface area contributed by atoms with Crippen LogP contribution in [0.4, 0.5) is 4.39 Å². The van der Waals surface area contributed by atoms with E-state index in [9.17, 15) is 19.4 Å². The van der Waals surface area contributed by atoms with Crippen molar-refractivity contribution in [1.29, 1.82) is 0 Å². The van der Waals surface area contributed by atoms with Crippen molar-refractivity contribution >= 4 is 11.9 Å². The van der Waals surface area contributed by atoms with Crippen LogP contribution in [-0.4, -0.2) is 29.7 Å². The predicted octanol–water partition coefficient (Wildman–Crippen LogP) is 4.16. The maximum absolute atomic E-state index is 13.9. The van der Waals surface area contributed by atoms with Gasteiger partial charge in [0.1, 0.15) is 22.8 Å². The third kappa shape index (κ3) is 3.64. The molecule has 0 radical (unpaired) electrons. The fourth-order valence-electron chi connectivity index (χ4n) is 2.62. The molecule has 0 aromatic heterocycles. The van der Waals surface area contributed by atoms with Gasteiger partial charge < -0.3 is 19.7 Å². The lowest BCUT2D eigenvalue weighted by Gasteiger charge is -2.15. The van der Waals surface area contributed by atoms with Crippen molar-refractivity contribution in [3.63, 3.8) is 0 Å². The average Bonchev–Trinajstić information content (AvgIpc) is 2.62. The molecule has 138 valence electrons. The SMILES string of the molecule is CCOc1ccc(/C=C/C(=O)c2c(O)c(C)c(O)c(C)c2OC)cc1F. The second-order valence-corrected chi connectivity index (χ2v) is 5.68. The Morgan fingerprint density at radius 3 is 2.46 bits per heavy atom. The molecule has 5 nitrogen and oxygen atoms in total. The van der Waals surface area contributed by atoms with Crippen LogP contribution in [0.1, 0.15) is 34.0 Å². The molecule has 0 amide bonds. The van der Waals surface area contributed by atoms with E-state index in [-0.39, 0.29) is 34.1 Å². The highest BCUT2D eigenvalue weighted by Crippen LogP contribution is 2.41. The van der Waals surface area contributed by atoms with E-state index >= 15 is 0 Å². The molecule has 2 rings (SSSR count). The van der Waals surface area contributed by atoms with Gasteiger partial charge in [0.05, 0.1) is 13.7 Å². The fraction of sp³-hybridized carbons (Fsp3) is 0.250. The van der Waals surface area contributed by atoms with E-state index in [1.165, 1.54) is 38.3 Å². The van der Waals surface area contributed by atoms with Crippen LogP contribution in [0, 0.1) is 19.7 Å². The van der Waals surface area contributed by atoms with Crippen LogP contribution >= 0.6 is 0 Å². The van der Waals surface area contributed by atoms with E-state index in [0.717, 1.165) is 0 Å². The number of hydrogen-bond donors (Lipinski definition) is 2. The molecule has 0 spiro atoms. The van der Waals surface area contributed by atoms with Crippen molar-refractivity contribution in [1.82, 2.24) is 0 Å². The molecular weight excluding hydrogens is 339 g/mol. The standard InChI is InChI=1S/C20H21FO5/c1-5-26-16-9-7-13(10-14(16)21)6-8-15(22)17-19(24)11(2)18(23)12(3)20(17)25-4/h6-10,23-24H,5H2,1-4H3/b8-6+. The number of methoxy groups -OCH3 is 1. The number of carbonyl (C=O) groups excluding carboxylic acids is 1. The molecule has 0 atom stereocenters. The van der Waals surface area contributed by atoms with Gasteiger partial charge in [-0.15, -0.1) is 0 Å². The van der Waals surface area contributed by atoms with Crippen LogP contribution in [0.3, 0.4) is 0 Å². The molecule has 0 aliphatic heterocycles. The van der Waals surface area contributed by atoms with Gasteiger partial charge in [-0.25, -0.2) is 4.39 Å². The Morgan fingerprint density at radius 2 is 1.88 bits per heavy atom. The summed E-state index contributed by atoms with van der Waals surface area (Å²) in [5.41, 5.74) is 0.951. The second-order valence-electron chi connectivity index (χ2n) is 5.68. The maximum atomic E-state index is 13.9. The number of phenols is 2. The molecule has 26 heavy (non-hydrogen) atoms. The molecule has 6 heteroatoms. The van der Waals surface area contributed by atoms with Crippen molar-refractivity contribution in [2.24, 2.45) is 0 Å². The molecule has 2 aromatic rings. The number of ether oxygens (including phenoxy) is 2. The highest BCUT2D eigenvalue weighted by Gasteiger charge is 2.23. The molecule has 0 aliphatic carbocycles. The molecule has 0 saturated heterocycles. The van der Waals surface area contributed by atoms with Gasteiger partial charge in [-0.05, 0) is 44.5 Å². The molecule has 0 unspecified atom stereocenters. The summed E-state index contributed by atoms with van der Waals surface area (Å²) in [6.07, 6.45) is 2.64. The van der Waals surface area contributed by atoms with Crippen LogP contribution in [0.25, 0.3) is 6.08 Å². The van der Waals surface area contributed by atoms with Gasteiger partial charge in [0, 0.05) is 11.1 Å². The lowest BCUT2D eigenvalue weighted by atomic mass is 9.98. The zero-order valence-electron chi connectivity index (χ0n) is 15.1. The summed E-state index contributed by atoms with van der Waals surface area (Å²) in [6, 6.07) is 4.34. The molecule has 2 N–H and O–H groups in total. The maximum Gasteiger partial charge on any atom is 0.193 e. The van der Waals surface area contributed by atoms with Gasteiger partial charge in [-0.2, -0.15) is 0 Å². The van der Waals surface area contributed by atoms with E-state index in [1.54, 1.807) is 19.9 Å². The van der Waals surface area contributed by atoms with Crippen LogP contribution in [0.5, 0.6) is 23.0 Å². The van der Waals surface area contributed by atoms with Gasteiger partial charge in [0.25, 0.3) is 0 Å². The van der Waals surface area contributed by atoms with E-state index in [2.05, 4.69) is 0 Å². The van der Waals surface area contributed by atoms with Gasteiger partial charge >= 0.3 is 0 Å². The molecular formula is C20H21FO5. The lowest BCUT2D eigenvalue weighted by molar-refractivity contribution is 0.104. The summed E-state index contributed by atoms with van der Waals surface area (Å²) in [4.78, 5) is 12.6. The monoisotopic (exact) mass is 360 g/mol. The summed E-state index contributed by atoms with van der Waals surface area (Å²) >= 11 is 0. The van der Waals surface area contributed by atoms with Crippen molar-refractivity contribution in [3.8, 4) is 23.0 Å². The van der Waals surface area contributed by atoms with E-state index in [4.69, 9.17) is 9.47 Å². The highest BCUT2D eigenvalue weighted by atomic mass is 19.1. The highest BCUT2D eigenvalue weighted by molar-refractivity contribution is 6.11. The smallest absolute Gasteiger partial charge is 0.193 e. The molecule has 2 aromatic carbocycles. The van der Waals surface area contributed by atoms with Gasteiger partial charge in [-0.1, -0.05) is 12.1 Å². The first kappa shape index (κ1) is 19.3. The second kappa shape index (κ2) is 7.91. The molecule has 0 bridgehead atoms. The topological polar surface area (TPSA) is 76.0 Å². The number of ketones is 1. The minimum Gasteiger partial charge on any atom is -0.507 e. The van der Waals surface area contributed by atoms with Crippen molar-refractivity contribution < 1.29 is 28.9 Å². The van der Waals surface area contributed by atoms with Crippen molar-refractivity contribution in [2.45, 2.75) is 20.8 Å². The lowest BCUT2D eigenvalue weighted by Crippen LogP contribution is -2.03. The average molecular weight is 360 g/mol. The number of halogens is 1. The summed E-state index contributed by atoms with van der Waals surface area (Å²) in [5, 5.41) is 20.2. The first-order valence-electron chi connectivity index (χ1n) is 8.05. The van der Waals surface area contributed by atoms with Crippen molar-refractivity contribution in [3.05, 3.63) is 52.3 Å². The Labute approximate surface area is 151 Å². The molecule has 0 saturated carbocycles. The number of carbonyl (C=O) groups is 1. The van der Waals surface area contributed by atoms with E-state index < -0.39 is 11.6 Å². The third-order valence-corrected chi connectivity index (χ3v) is 4.00.